The average molecular weight is 180 g/mol. The van der Waals surface area contributed by atoms with Crippen LogP contribution in [0.2, 0.25) is 5.31 Å². The summed E-state index contributed by atoms with van der Waals surface area (Å²) in [5.41, 5.74) is 0. The van der Waals surface area contributed by atoms with Crippen LogP contribution < -0.4 is 0 Å². The molecule has 2 radical (unpaired) electrons. The lowest BCUT2D eigenvalue weighted by molar-refractivity contribution is 0.465. The zero-order valence-electron chi connectivity index (χ0n) is 9.73. The average Bonchev–Trinajstić information content (AvgIpc) is 2.09. The summed E-state index contributed by atoms with van der Waals surface area (Å²) in [7, 11) is 6.19. The highest BCUT2D eigenvalue weighted by Crippen LogP contribution is 2.34. The molecule has 13 heavy (non-hydrogen) atoms. The summed E-state index contributed by atoms with van der Waals surface area (Å²) >= 11 is 0. The van der Waals surface area contributed by atoms with Crippen molar-refractivity contribution in [2.75, 3.05) is 0 Å². The molecule has 1 atom stereocenters. The highest BCUT2D eigenvalue weighted by Gasteiger charge is 2.15. The summed E-state index contributed by atoms with van der Waals surface area (Å²) in [4.78, 5) is 0. The molecule has 1 unspecified atom stereocenters. The fourth-order valence-electron chi connectivity index (χ4n) is 1.66. The molecule has 0 heterocycles. The molecule has 0 rings (SSSR count). The summed E-state index contributed by atoms with van der Waals surface area (Å²) in [6.07, 6.45) is 10.3. The summed E-state index contributed by atoms with van der Waals surface area (Å²) in [6.45, 7) is 6.68. The maximum absolute atomic E-state index is 6.19. The Labute approximate surface area is 85.9 Å². The summed E-state index contributed by atoms with van der Waals surface area (Å²) < 4.78 is 0. The van der Waals surface area contributed by atoms with Crippen LogP contribution >= 0.6 is 0 Å². The second-order valence-electron chi connectivity index (χ2n) is 4.57. The van der Waals surface area contributed by atoms with Crippen LogP contribution in [0, 0.1) is 0 Å². The summed E-state index contributed by atoms with van der Waals surface area (Å²) in [5.74, 6) is 0. The number of unbranched alkanes of at least 4 members (excludes halogenated alkanes) is 4. The van der Waals surface area contributed by atoms with Gasteiger partial charge in [-0.2, -0.15) is 0 Å². The Morgan fingerprint density at radius 2 is 1.38 bits per heavy atom. The van der Waals surface area contributed by atoms with Crippen molar-refractivity contribution in [1.82, 2.24) is 0 Å². The zero-order valence-corrected chi connectivity index (χ0v) is 9.73. The van der Waals surface area contributed by atoms with Gasteiger partial charge in [-0.3, -0.25) is 0 Å². The molecular formula is C12H25B. The lowest BCUT2D eigenvalue weighted by Gasteiger charge is -2.24. The van der Waals surface area contributed by atoms with Gasteiger partial charge in [0.2, 0.25) is 0 Å². The zero-order chi connectivity index (χ0) is 10.2. The van der Waals surface area contributed by atoms with Gasteiger partial charge in [0.15, 0.2) is 0 Å². The van der Waals surface area contributed by atoms with Gasteiger partial charge >= 0.3 is 0 Å². The normalized spacial score (nSPS) is 15.6. The lowest BCUT2D eigenvalue weighted by atomic mass is 9.64. The molecule has 0 aromatic rings. The molecule has 0 aromatic heterocycles. The van der Waals surface area contributed by atoms with Crippen molar-refractivity contribution >= 4 is 7.85 Å². The SMILES string of the molecule is [B]C(C)(CCCC)CCCCCC. The van der Waals surface area contributed by atoms with Crippen LogP contribution in [0.1, 0.15) is 72.1 Å². The molecule has 0 saturated heterocycles. The van der Waals surface area contributed by atoms with Crippen LogP contribution in [0.25, 0.3) is 0 Å². The first-order chi connectivity index (χ1) is 6.12. The Balaban J connectivity index is 3.39. The third-order valence-electron chi connectivity index (χ3n) is 2.70. The van der Waals surface area contributed by atoms with Crippen molar-refractivity contribution in [2.45, 2.75) is 77.5 Å². The lowest BCUT2D eigenvalue weighted by Crippen LogP contribution is -2.07. The Morgan fingerprint density at radius 3 is 1.92 bits per heavy atom. The highest BCUT2D eigenvalue weighted by atomic mass is 14.2. The van der Waals surface area contributed by atoms with Crippen LogP contribution in [0.5, 0.6) is 0 Å². The van der Waals surface area contributed by atoms with E-state index in [2.05, 4.69) is 20.8 Å². The van der Waals surface area contributed by atoms with E-state index >= 15 is 0 Å². The van der Waals surface area contributed by atoms with Crippen LogP contribution in [-0.2, 0) is 0 Å². The van der Waals surface area contributed by atoms with E-state index in [1.54, 1.807) is 0 Å². The molecule has 0 aliphatic rings. The molecule has 0 aromatic carbocycles. The first-order valence-electron chi connectivity index (χ1n) is 5.91. The smallest absolute Gasteiger partial charge is 0.0688 e. The van der Waals surface area contributed by atoms with E-state index in [9.17, 15) is 0 Å². The van der Waals surface area contributed by atoms with Gasteiger partial charge in [-0.1, -0.05) is 77.5 Å². The molecule has 0 spiro atoms. The van der Waals surface area contributed by atoms with Gasteiger partial charge in [-0.15, -0.1) is 0 Å². The standard InChI is InChI=1S/C12H25B/c1-4-6-8-9-11-12(3,13)10-7-5-2/h4-11H2,1-3H3. The molecule has 76 valence electrons. The van der Waals surface area contributed by atoms with Gasteiger partial charge in [-0.25, -0.2) is 0 Å². The van der Waals surface area contributed by atoms with E-state index in [-0.39, 0.29) is 5.31 Å². The molecule has 1 heteroatoms. The van der Waals surface area contributed by atoms with E-state index in [4.69, 9.17) is 7.85 Å². The largest absolute Gasteiger partial charge is 0.0742 e. The fraction of sp³-hybridized carbons (Fsp3) is 1.00. The van der Waals surface area contributed by atoms with Gasteiger partial charge in [0.05, 0.1) is 7.85 Å². The van der Waals surface area contributed by atoms with Gasteiger partial charge in [0.1, 0.15) is 0 Å². The third-order valence-corrected chi connectivity index (χ3v) is 2.70. The molecule has 0 amide bonds. The molecule has 0 aliphatic heterocycles. The second kappa shape index (κ2) is 7.47. The Kier molecular flexibility index (Phi) is 7.50. The first-order valence-corrected chi connectivity index (χ1v) is 5.91. The van der Waals surface area contributed by atoms with E-state index in [0.717, 1.165) is 0 Å². The molecular weight excluding hydrogens is 155 g/mol. The van der Waals surface area contributed by atoms with Crippen molar-refractivity contribution in [3.63, 3.8) is 0 Å². The molecule has 0 nitrogen and oxygen atoms in total. The summed E-state index contributed by atoms with van der Waals surface area (Å²) in [5, 5.41) is 0.101. The van der Waals surface area contributed by atoms with Crippen molar-refractivity contribution in [3.05, 3.63) is 0 Å². The van der Waals surface area contributed by atoms with Crippen molar-refractivity contribution in [1.29, 1.82) is 0 Å². The monoisotopic (exact) mass is 180 g/mol. The Morgan fingerprint density at radius 1 is 0.846 bits per heavy atom. The maximum atomic E-state index is 6.19. The predicted molar refractivity (Wildman–Crippen MR) is 62.4 cm³/mol. The third kappa shape index (κ3) is 8.40. The van der Waals surface area contributed by atoms with Gasteiger partial charge in [-0.05, 0) is 0 Å². The van der Waals surface area contributed by atoms with Gasteiger partial charge < -0.3 is 0 Å². The molecule has 0 N–H and O–H groups in total. The quantitative estimate of drug-likeness (QED) is 0.381. The van der Waals surface area contributed by atoms with E-state index in [0.29, 0.717) is 0 Å². The number of hydrogen-bond donors (Lipinski definition) is 0. The Hall–Kier alpha value is 0.0649. The van der Waals surface area contributed by atoms with Gasteiger partial charge in [0, 0.05) is 0 Å². The van der Waals surface area contributed by atoms with E-state index < -0.39 is 0 Å². The van der Waals surface area contributed by atoms with Gasteiger partial charge in [0.25, 0.3) is 0 Å². The van der Waals surface area contributed by atoms with Crippen molar-refractivity contribution in [3.8, 4) is 0 Å². The van der Waals surface area contributed by atoms with Crippen LogP contribution in [0.4, 0.5) is 0 Å². The first kappa shape index (κ1) is 13.1. The van der Waals surface area contributed by atoms with Crippen LogP contribution in [-0.4, -0.2) is 7.85 Å². The van der Waals surface area contributed by atoms with Crippen LogP contribution in [0.15, 0.2) is 0 Å². The fourth-order valence-corrected chi connectivity index (χ4v) is 1.66. The highest BCUT2D eigenvalue weighted by molar-refractivity contribution is 6.14. The number of hydrogen-bond acceptors (Lipinski definition) is 0. The second-order valence-corrected chi connectivity index (χ2v) is 4.57. The molecule has 0 bridgehead atoms. The maximum Gasteiger partial charge on any atom is 0.0742 e. The molecule has 0 saturated carbocycles. The van der Waals surface area contributed by atoms with E-state index in [1.165, 1.54) is 51.4 Å². The van der Waals surface area contributed by atoms with Crippen molar-refractivity contribution < 1.29 is 0 Å². The summed E-state index contributed by atoms with van der Waals surface area (Å²) in [6, 6.07) is 0. The van der Waals surface area contributed by atoms with E-state index in [1.807, 2.05) is 0 Å². The molecule has 0 aliphatic carbocycles. The minimum absolute atomic E-state index is 0.101. The molecule has 0 fully saturated rings. The number of rotatable bonds is 8. The predicted octanol–water partition coefficient (Wildman–Crippen LogP) is 4.49. The Bertz CT molecular complexity index is 108. The van der Waals surface area contributed by atoms with Crippen LogP contribution in [0.3, 0.4) is 0 Å². The van der Waals surface area contributed by atoms with Crippen molar-refractivity contribution in [2.24, 2.45) is 0 Å². The minimum Gasteiger partial charge on any atom is -0.0688 e. The minimum atomic E-state index is 0.101. The topological polar surface area (TPSA) is 0 Å².